The Labute approximate surface area is 119 Å². The van der Waals surface area contributed by atoms with Crippen LogP contribution in [0.3, 0.4) is 0 Å². The topological polar surface area (TPSA) is 71.4 Å². The molecule has 2 heterocycles. The van der Waals surface area contributed by atoms with Crippen LogP contribution in [0.1, 0.15) is 10.4 Å². The number of carbonyl (C=O) groups excluding carboxylic acids is 1. The minimum Gasteiger partial charge on any atom is -0.511 e. The van der Waals surface area contributed by atoms with Crippen LogP contribution in [-0.4, -0.2) is 18.6 Å². The highest BCUT2D eigenvalue weighted by molar-refractivity contribution is 8.08. The minimum atomic E-state index is -4.01. The van der Waals surface area contributed by atoms with E-state index in [1.54, 1.807) is 12.1 Å². The molecule has 0 saturated heterocycles. The number of carbonyl (C=O) groups is 1. The molecule has 1 aromatic carbocycles. The van der Waals surface area contributed by atoms with Crippen LogP contribution in [0.5, 0.6) is 0 Å². The summed E-state index contributed by atoms with van der Waals surface area (Å²) in [4.78, 5) is 12.9. The van der Waals surface area contributed by atoms with Gasteiger partial charge < -0.3 is 5.11 Å². The first-order chi connectivity index (χ1) is 9.51. The molecule has 0 radical (unpaired) electrons. The average molecular weight is 306 g/mol. The highest BCUT2D eigenvalue weighted by Crippen LogP contribution is 2.37. The molecule has 1 aliphatic rings. The van der Waals surface area contributed by atoms with E-state index in [0.29, 0.717) is 0 Å². The van der Waals surface area contributed by atoms with Gasteiger partial charge in [-0.05, 0) is 17.5 Å². The Hall–Kier alpha value is -1.92. The Morgan fingerprint density at radius 2 is 1.90 bits per heavy atom. The van der Waals surface area contributed by atoms with Gasteiger partial charge in [0, 0.05) is 16.9 Å². The van der Waals surface area contributed by atoms with E-state index in [-0.39, 0.29) is 28.2 Å². The number of allylic oxidation sites excluding steroid dienone is 1. The standard InChI is InChI=1S/C14H10O4S2/c15-11(8-9-4-3-7-19-9)13-10-5-1-2-6-12(10)20(17,18)14(13)16/h1-7,15H,8H2/b13-11-. The van der Waals surface area contributed by atoms with E-state index in [1.165, 1.54) is 23.5 Å². The molecule has 2 aromatic rings. The summed E-state index contributed by atoms with van der Waals surface area (Å²) in [5, 5.41) is 11.0. The first kappa shape index (κ1) is 13.1. The lowest BCUT2D eigenvalue weighted by Gasteiger charge is -2.02. The van der Waals surface area contributed by atoms with Crippen LogP contribution in [0, 0.1) is 0 Å². The molecule has 1 N–H and O–H groups in total. The SMILES string of the molecule is O=C1/C(=C(\O)Cc2cccs2)c2ccccc2S1(=O)=O. The maximum Gasteiger partial charge on any atom is 0.285 e. The summed E-state index contributed by atoms with van der Waals surface area (Å²) in [6, 6.07) is 9.78. The summed E-state index contributed by atoms with van der Waals surface area (Å²) in [6.45, 7) is 0. The summed E-state index contributed by atoms with van der Waals surface area (Å²) >= 11 is 1.44. The molecule has 1 aromatic heterocycles. The number of hydrogen-bond acceptors (Lipinski definition) is 5. The highest BCUT2D eigenvalue weighted by atomic mass is 32.2. The van der Waals surface area contributed by atoms with Crippen molar-refractivity contribution < 1.29 is 18.3 Å². The van der Waals surface area contributed by atoms with Crippen LogP contribution >= 0.6 is 11.3 Å². The predicted octanol–water partition coefficient (Wildman–Crippen LogP) is 2.57. The molecule has 0 atom stereocenters. The number of benzene rings is 1. The van der Waals surface area contributed by atoms with E-state index in [1.807, 2.05) is 17.5 Å². The summed E-state index contributed by atoms with van der Waals surface area (Å²) in [5.41, 5.74) is 0.181. The van der Waals surface area contributed by atoms with E-state index >= 15 is 0 Å². The van der Waals surface area contributed by atoms with Gasteiger partial charge >= 0.3 is 0 Å². The molecule has 4 nitrogen and oxygen atoms in total. The smallest absolute Gasteiger partial charge is 0.285 e. The quantitative estimate of drug-likeness (QED) is 0.684. The van der Waals surface area contributed by atoms with Crippen LogP contribution in [0.2, 0.25) is 0 Å². The van der Waals surface area contributed by atoms with Crippen LogP contribution in [0.4, 0.5) is 0 Å². The van der Waals surface area contributed by atoms with Crippen molar-refractivity contribution in [1.29, 1.82) is 0 Å². The van der Waals surface area contributed by atoms with E-state index in [4.69, 9.17) is 0 Å². The fourth-order valence-electron chi connectivity index (χ4n) is 2.19. The van der Waals surface area contributed by atoms with Crippen molar-refractivity contribution in [3.8, 4) is 0 Å². The average Bonchev–Trinajstić information content (AvgIpc) is 2.98. The lowest BCUT2D eigenvalue weighted by atomic mass is 10.0. The second kappa shape index (κ2) is 4.57. The molecular weight excluding hydrogens is 296 g/mol. The molecule has 1 aliphatic heterocycles. The molecule has 0 saturated carbocycles. The lowest BCUT2D eigenvalue weighted by molar-refractivity contribution is -0.106. The fraction of sp³-hybridized carbons (Fsp3) is 0.0714. The first-order valence-corrected chi connectivity index (χ1v) is 8.21. The molecule has 0 unspecified atom stereocenters. The van der Waals surface area contributed by atoms with E-state index in [9.17, 15) is 18.3 Å². The Kier molecular flexibility index (Phi) is 2.99. The third kappa shape index (κ3) is 1.88. The zero-order valence-electron chi connectivity index (χ0n) is 10.2. The van der Waals surface area contributed by atoms with Crippen molar-refractivity contribution in [2.75, 3.05) is 0 Å². The number of fused-ring (bicyclic) bond motifs is 1. The van der Waals surface area contributed by atoms with Gasteiger partial charge in [-0.1, -0.05) is 24.3 Å². The molecule has 0 spiro atoms. The van der Waals surface area contributed by atoms with Crippen molar-refractivity contribution in [2.24, 2.45) is 0 Å². The first-order valence-electron chi connectivity index (χ1n) is 5.85. The summed E-state index contributed by atoms with van der Waals surface area (Å²) in [6.07, 6.45) is 0.155. The number of aliphatic hydroxyl groups excluding tert-OH is 1. The molecule has 3 rings (SSSR count). The Balaban J connectivity index is 2.17. The monoisotopic (exact) mass is 306 g/mol. The van der Waals surface area contributed by atoms with Crippen LogP contribution in [0.25, 0.3) is 5.57 Å². The normalized spacial score (nSPS) is 18.9. The molecular formula is C14H10O4S2. The van der Waals surface area contributed by atoms with Gasteiger partial charge in [-0.25, -0.2) is 8.42 Å². The summed E-state index contributed by atoms with van der Waals surface area (Å²) in [5.74, 6) is -0.203. The van der Waals surface area contributed by atoms with E-state index < -0.39 is 15.0 Å². The van der Waals surface area contributed by atoms with Gasteiger partial charge in [0.2, 0.25) is 9.84 Å². The summed E-state index contributed by atoms with van der Waals surface area (Å²) in [7, 11) is -4.01. The van der Waals surface area contributed by atoms with Gasteiger partial charge in [0.25, 0.3) is 5.12 Å². The van der Waals surface area contributed by atoms with Crippen molar-refractivity contribution in [3.63, 3.8) is 0 Å². The van der Waals surface area contributed by atoms with Gasteiger partial charge in [0.1, 0.15) is 5.76 Å². The van der Waals surface area contributed by atoms with Crippen molar-refractivity contribution in [2.45, 2.75) is 11.3 Å². The Morgan fingerprint density at radius 3 is 2.60 bits per heavy atom. The molecule has 0 fully saturated rings. The maximum atomic E-state index is 12.1. The molecule has 102 valence electrons. The van der Waals surface area contributed by atoms with Crippen molar-refractivity contribution in [1.82, 2.24) is 0 Å². The molecule has 20 heavy (non-hydrogen) atoms. The predicted molar refractivity (Wildman–Crippen MR) is 76.2 cm³/mol. The second-order valence-corrected chi connectivity index (χ2v) is 7.21. The minimum absolute atomic E-state index is 0.0299. The van der Waals surface area contributed by atoms with Gasteiger partial charge in [0.05, 0.1) is 10.5 Å². The molecule has 0 amide bonds. The number of rotatable bonds is 2. The largest absolute Gasteiger partial charge is 0.511 e. The third-order valence-corrected chi connectivity index (χ3v) is 5.61. The Bertz CT molecular complexity index is 815. The van der Waals surface area contributed by atoms with Gasteiger partial charge in [-0.2, -0.15) is 0 Å². The fourth-order valence-corrected chi connectivity index (χ4v) is 4.31. The van der Waals surface area contributed by atoms with Crippen LogP contribution in [0.15, 0.2) is 52.4 Å². The number of thiophene rings is 1. The maximum absolute atomic E-state index is 12.1. The lowest BCUT2D eigenvalue weighted by Crippen LogP contribution is -2.09. The number of hydrogen-bond donors (Lipinski definition) is 1. The molecule has 6 heteroatoms. The number of sulfone groups is 1. The van der Waals surface area contributed by atoms with Crippen molar-refractivity contribution in [3.05, 3.63) is 58.0 Å². The summed E-state index contributed by atoms with van der Waals surface area (Å²) < 4.78 is 24.0. The van der Waals surface area contributed by atoms with E-state index in [2.05, 4.69) is 0 Å². The third-order valence-electron chi connectivity index (χ3n) is 3.10. The zero-order chi connectivity index (χ0) is 14.3. The number of aliphatic hydroxyl groups is 1. The molecule has 0 aliphatic carbocycles. The Morgan fingerprint density at radius 1 is 1.15 bits per heavy atom. The molecule has 0 bridgehead atoms. The second-order valence-electron chi connectivity index (χ2n) is 4.36. The van der Waals surface area contributed by atoms with Gasteiger partial charge in [-0.15, -0.1) is 11.3 Å². The van der Waals surface area contributed by atoms with E-state index in [0.717, 1.165) is 4.88 Å². The van der Waals surface area contributed by atoms with Crippen molar-refractivity contribution >= 4 is 31.9 Å². The highest BCUT2D eigenvalue weighted by Gasteiger charge is 2.41. The van der Waals surface area contributed by atoms with Gasteiger partial charge in [-0.3, -0.25) is 4.79 Å². The van der Waals surface area contributed by atoms with Crippen LogP contribution < -0.4 is 0 Å². The van der Waals surface area contributed by atoms with Crippen LogP contribution in [-0.2, 0) is 21.1 Å². The zero-order valence-corrected chi connectivity index (χ0v) is 11.9. The van der Waals surface area contributed by atoms with Gasteiger partial charge in [0.15, 0.2) is 0 Å².